The highest BCUT2D eigenvalue weighted by atomic mass is 28.3. The van der Waals surface area contributed by atoms with E-state index in [-0.39, 0.29) is 6.71 Å². The molecule has 0 saturated carbocycles. The van der Waals surface area contributed by atoms with Crippen molar-refractivity contribution in [2.24, 2.45) is 0 Å². The molecule has 0 saturated heterocycles. The summed E-state index contributed by atoms with van der Waals surface area (Å²) < 4.78 is 15.5. The summed E-state index contributed by atoms with van der Waals surface area (Å²) in [6, 6.07) is 137. The highest BCUT2D eigenvalue weighted by molar-refractivity contribution is 7.22. The summed E-state index contributed by atoms with van der Waals surface area (Å²) in [5.41, 5.74) is 16.6. The Labute approximate surface area is 600 Å². The lowest BCUT2D eigenvalue weighted by atomic mass is 9.35. The normalized spacial score (nSPS) is 13.8. The highest BCUT2D eigenvalue weighted by Crippen LogP contribution is 2.48. The molecule has 0 spiro atoms. The van der Waals surface area contributed by atoms with Gasteiger partial charge in [0.1, 0.15) is 31.8 Å². The van der Waals surface area contributed by atoms with Crippen molar-refractivity contribution in [3.63, 3.8) is 0 Å². The monoisotopic (exact) mass is 1360 g/mol. The summed E-state index contributed by atoms with van der Waals surface area (Å²) in [5.74, 6) is 3.13. The van der Waals surface area contributed by atoms with Crippen LogP contribution < -0.4 is 97.6 Å². The van der Waals surface area contributed by atoms with Gasteiger partial charge in [0, 0.05) is 75.2 Å². The molecule has 4 heterocycles. The van der Waals surface area contributed by atoms with Crippen LogP contribution in [0.15, 0.2) is 364 Å². The van der Waals surface area contributed by atoms with Crippen molar-refractivity contribution in [3.05, 3.63) is 381 Å². The molecule has 484 valence electrons. The SMILES string of the molecule is Cc1ccc2c(c1)[Si](c1ccccc1)(c1ccccc1)c1cc(C)ccc1N2c1cc2c3c(c1)Oc1cc(N4c5ccccc5[Si](c5ccccc5)(c5ccccc5)c5ccccc54)ccc1B3c1ccc(N(c3ccccc3C)c3ccccc3[SiH](c3ccccc3)c3ccccc3)cc1O2. The van der Waals surface area contributed by atoms with E-state index in [2.05, 4.69) is 399 Å². The zero-order valence-corrected chi connectivity index (χ0v) is 60.1. The lowest BCUT2D eigenvalue weighted by Crippen LogP contribution is -2.77. The predicted octanol–water partition coefficient (Wildman–Crippen LogP) is 13.4. The average Bonchev–Trinajstić information content (AvgIpc) is 0.698. The van der Waals surface area contributed by atoms with Crippen LogP contribution in [0, 0.1) is 20.8 Å². The maximum absolute atomic E-state index is 7.74. The van der Waals surface area contributed by atoms with Crippen molar-refractivity contribution in [3.8, 4) is 23.0 Å². The number of hydrogen-bond donors (Lipinski definition) is 0. The second-order valence-electron chi connectivity index (χ2n) is 27.6. The number of aryl methyl sites for hydroxylation is 3. The number of fused-ring (bicyclic) bond motifs is 8. The Bertz CT molecular complexity index is 5530. The van der Waals surface area contributed by atoms with Crippen LogP contribution in [-0.2, 0) is 0 Å². The third kappa shape index (κ3) is 9.56. The number of nitrogens with zero attached hydrogens (tertiary/aromatic N) is 3. The summed E-state index contributed by atoms with van der Waals surface area (Å²) in [5, 5.41) is 14.8. The van der Waals surface area contributed by atoms with E-state index in [0.717, 1.165) is 79.2 Å². The van der Waals surface area contributed by atoms with E-state index < -0.39 is 24.9 Å². The van der Waals surface area contributed by atoms with Crippen LogP contribution in [0.25, 0.3) is 0 Å². The Hall–Kier alpha value is -12.0. The van der Waals surface area contributed by atoms with Crippen LogP contribution in [0.4, 0.5) is 51.2 Å². The van der Waals surface area contributed by atoms with Gasteiger partial charge in [-0.1, -0.05) is 313 Å². The molecule has 0 amide bonds. The largest absolute Gasteiger partial charge is 0.458 e. The fraction of sp³-hybridized carbons (Fsp3) is 0.0323. The minimum absolute atomic E-state index is 0.258. The quantitative estimate of drug-likeness (QED) is 0.0898. The molecule has 0 aromatic heterocycles. The predicted molar refractivity (Wildman–Crippen MR) is 436 cm³/mol. The second kappa shape index (κ2) is 24.7. The first-order chi connectivity index (χ1) is 50.3. The first-order valence-corrected chi connectivity index (χ1v) is 41.2. The van der Waals surface area contributed by atoms with Crippen molar-refractivity contribution in [1.82, 2.24) is 0 Å². The molecule has 19 rings (SSSR count). The van der Waals surface area contributed by atoms with Crippen molar-refractivity contribution in [2.45, 2.75) is 20.8 Å². The van der Waals surface area contributed by atoms with E-state index in [0.29, 0.717) is 0 Å². The van der Waals surface area contributed by atoms with E-state index in [1.165, 1.54) is 85.1 Å². The Kier molecular flexibility index (Phi) is 14.8. The number of anilines is 9. The lowest BCUT2D eigenvalue weighted by molar-refractivity contribution is 0.465. The molecule has 0 unspecified atom stereocenters. The van der Waals surface area contributed by atoms with Crippen molar-refractivity contribution in [2.75, 3.05) is 14.7 Å². The molecule has 0 bridgehead atoms. The Morgan fingerprint density at radius 1 is 0.314 bits per heavy atom. The molecule has 15 aromatic carbocycles. The molecule has 0 radical (unpaired) electrons. The molecule has 102 heavy (non-hydrogen) atoms. The fourth-order valence-corrected chi connectivity index (χ4v) is 31.1. The van der Waals surface area contributed by atoms with Gasteiger partial charge < -0.3 is 24.2 Å². The maximum Gasteiger partial charge on any atom is 0.260 e. The Morgan fingerprint density at radius 3 is 1.22 bits per heavy atom. The number of rotatable bonds is 12. The fourth-order valence-electron chi connectivity index (χ4n) is 17.6. The van der Waals surface area contributed by atoms with Crippen LogP contribution in [-0.4, -0.2) is 31.7 Å². The van der Waals surface area contributed by atoms with Gasteiger partial charge in [-0.25, -0.2) is 0 Å². The van der Waals surface area contributed by atoms with E-state index in [9.17, 15) is 0 Å². The molecule has 0 fully saturated rings. The molecule has 4 aliphatic heterocycles. The summed E-state index contributed by atoms with van der Waals surface area (Å²) in [6.45, 7) is 6.45. The zero-order valence-electron chi connectivity index (χ0n) is 57.0. The minimum atomic E-state index is -3.02. The molecule has 0 aliphatic carbocycles. The van der Waals surface area contributed by atoms with Gasteiger partial charge in [0.25, 0.3) is 6.71 Å². The molecule has 4 aliphatic rings. The third-order valence-corrected chi connectivity index (χ3v) is 34.7. The Morgan fingerprint density at radius 2 is 0.706 bits per heavy atom. The minimum Gasteiger partial charge on any atom is -0.458 e. The van der Waals surface area contributed by atoms with Gasteiger partial charge in [-0.05, 0) is 132 Å². The van der Waals surface area contributed by atoms with Gasteiger partial charge in [-0.15, -0.1) is 0 Å². The average molecular weight is 1360 g/mol. The van der Waals surface area contributed by atoms with Gasteiger partial charge in [0.05, 0.1) is 5.69 Å². The van der Waals surface area contributed by atoms with Crippen LogP contribution in [0.1, 0.15) is 16.7 Å². The van der Waals surface area contributed by atoms with Crippen LogP contribution in [0.2, 0.25) is 0 Å². The van der Waals surface area contributed by atoms with E-state index >= 15 is 0 Å². The standard InChI is InChI=1S/C93H70BN3O2Si3/c1-64-50-56-82-91(58-64)102(74-39-18-8-19-40-74,75-41-20-9-21-42-75)92-59-65(2)51-57-83(92)97(82)69-62-86-93-87(63-69)99-85-61-68(96-80-45-25-28-48-89(80)101(72-35-14-6-15-36-72,73-37-16-7-17-38-73)90-49-29-26-46-81(90)96)53-55-77(85)94(93)76-54-52-67(60-84(76)98-86)95(78-43-23-22-30-66(78)3)79-44-24-27-47-88(79)100(70-31-10-4-11-32-70)71-33-12-5-13-34-71/h4-63,100H,1-3H3. The third-order valence-electron chi connectivity index (χ3n) is 21.8. The number of hydrogen-bond acceptors (Lipinski definition) is 5. The van der Waals surface area contributed by atoms with Gasteiger partial charge in [0.2, 0.25) is 0 Å². The second-order valence-corrected chi connectivity index (χ2v) is 37.9. The van der Waals surface area contributed by atoms with E-state index in [4.69, 9.17) is 9.47 Å². The van der Waals surface area contributed by atoms with Gasteiger partial charge in [0.15, 0.2) is 16.1 Å². The van der Waals surface area contributed by atoms with Crippen LogP contribution >= 0.6 is 0 Å². The molecular weight excluding hydrogens is 1290 g/mol. The molecule has 15 aromatic rings. The Balaban J connectivity index is 0.832. The molecule has 0 atom stereocenters. The smallest absolute Gasteiger partial charge is 0.260 e. The zero-order chi connectivity index (χ0) is 68.0. The summed E-state index contributed by atoms with van der Waals surface area (Å²) in [7, 11) is -8.00. The molecule has 5 nitrogen and oxygen atoms in total. The number of benzene rings is 15. The van der Waals surface area contributed by atoms with Gasteiger partial charge in [-0.3, -0.25) is 0 Å². The van der Waals surface area contributed by atoms with Gasteiger partial charge >= 0.3 is 0 Å². The maximum atomic E-state index is 7.74. The van der Waals surface area contributed by atoms with E-state index in [1.807, 2.05) is 0 Å². The van der Waals surface area contributed by atoms with Crippen molar-refractivity contribution in [1.29, 1.82) is 0 Å². The summed E-state index contributed by atoms with van der Waals surface area (Å²) in [6.07, 6.45) is 0. The first-order valence-electron chi connectivity index (χ1n) is 35.4. The van der Waals surface area contributed by atoms with Crippen molar-refractivity contribution >= 4 is 156 Å². The lowest BCUT2D eigenvalue weighted by Gasteiger charge is -2.46. The van der Waals surface area contributed by atoms with Gasteiger partial charge in [-0.2, -0.15) is 0 Å². The molecular formula is C93H70BN3O2Si3. The molecule has 0 N–H and O–H groups in total. The molecule has 9 heteroatoms. The van der Waals surface area contributed by atoms with Crippen LogP contribution in [0.3, 0.4) is 0 Å². The van der Waals surface area contributed by atoms with Crippen molar-refractivity contribution < 1.29 is 9.47 Å². The van der Waals surface area contributed by atoms with E-state index in [1.54, 1.807) is 0 Å². The summed E-state index contributed by atoms with van der Waals surface area (Å²) in [4.78, 5) is 7.49. The first kappa shape index (κ1) is 61.1. The van der Waals surface area contributed by atoms with Crippen LogP contribution in [0.5, 0.6) is 23.0 Å². The summed E-state index contributed by atoms with van der Waals surface area (Å²) >= 11 is 0. The topological polar surface area (TPSA) is 28.2 Å². The highest BCUT2D eigenvalue weighted by Gasteiger charge is 2.52. The number of para-hydroxylation sites is 4. The number of ether oxygens (including phenoxy) is 2.